The van der Waals surface area contributed by atoms with Gasteiger partial charge in [0.15, 0.2) is 0 Å². The van der Waals surface area contributed by atoms with Crippen molar-refractivity contribution in [1.29, 1.82) is 0 Å². The highest BCUT2D eigenvalue weighted by molar-refractivity contribution is 9.10. The molecule has 0 N–H and O–H groups in total. The van der Waals surface area contributed by atoms with Crippen LogP contribution in [0.1, 0.15) is 42.3 Å². The third kappa shape index (κ3) is 5.62. The largest absolute Gasteiger partial charge is 0.456 e. The molecule has 152 valence electrons. The minimum atomic E-state index is -3.97. The van der Waals surface area contributed by atoms with E-state index in [4.69, 9.17) is 8.92 Å². The number of hydrogen-bond acceptors (Lipinski definition) is 5. The Balaban J connectivity index is 2.17. The van der Waals surface area contributed by atoms with Gasteiger partial charge in [0.25, 0.3) is 10.1 Å². The van der Waals surface area contributed by atoms with Crippen LogP contribution in [0.15, 0.2) is 45.8 Å². The molecule has 0 unspecified atom stereocenters. The van der Waals surface area contributed by atoms with Crippen LogP contribution in [0.3, 0.4) is 0 Å². The van der Waals surface area contributed by atoms with Crippen LogP contribution in [-0.4, -0.2) is 26.6 Å². The average Bonchev–Trinajstić information content (AvgIpc) is 2.56. The Kier molecular flexibility index (Phi) is 7.01. The molecule has 0 heterocycles. The fourth-order valence-electron chi connectivity index (χ4n) is 2.47. The van der Waals surface area contributed by atoms with E-state index in [1.807, 2.05) is 0 Å². The number of carbonyl (C=O) groups excluding carboxylic acids is 1. The Bertz CT molecular complexity index is 981. The predicted octanol–water partition coefficient (Wildman–Crippen LogP) is 4.80. The summed E-state index contributed by atoms with van der Waals surface area (Å²) in [6.07, 6.45) is -0.0475. The van der Waals surface area contributed by atoms with E-state index in [9.17, 15) is 17.6 Å². The lowest BCUT2D eigenvalue weighted by Crippen LogP contribution is -2.24. The first kappa shape index (κ1) is 22.5. The molecule has 2 aromatic rings. The van der Waals surface area contributed by atoms with E-state index in [2.05, 4.69) is 15.9 Å². The molecule has 0 saturated carbocycles. The number of carbonyl (C=O) groups is 1. The molecule has 0 fully saturated rings. The Morgan fingerprint density at radius 3 is 2.39 bits per heavy atom. The second-order valence-electron chi connectivity index (χ2n) is 7.18. The van der Waals surface area contributed by atoms with Gasteiger partial charge in [-0.15, -0.1) is 0 Å². The molecule has 5 nitrogen and oxygen atoms in total. The van der Waals surface area contributed by atoms with Crippen LogP contribution in [0.25, 0.3) is 0 Å². The quantitative estimate of drug-likeness (QED) is 0.446. The molecular weight excluding hydrogens is 451 g/mol. The van der Waals surface area contributed by atoms with E-state index >= 15 is 0 Å². The Labute approximate surface area is 173 Å². The molecule has 0 aromatic heterocycles. The van der Waals surface area contributed by atoms with Crippen LogP contribution in [0.2, 0.25) is 0 Å². The van der Waals surface area contributed by atoms with Gasteiger partial charge in [0.1, 0.15) is 11.4 Å². The van der Waals surface area contributed by atoms with Crippen molar-refractivity contribution in [2.45, 2.75) is 44.6 Å². The van der Waals surface area contributed by atoms with Crippen molar-refractivity contribution in [3.63, 3.8) is 0 Å². The summed E-state index contributed by atoms with van der Waals surface area (Å²) < 4.78 is 50.2. The minimum absolute atomic E-state index is 0.0475. The molecule has 0 aliphatic carbocycles. The number of hydrogen-bond donors (Lipinski definition) is 0. The van der Waals surface area contributed by atoms with Gasteiger partial charge in [0.05, 0.1) is 17.1 Å². The zero-order valence-corrected chi connectivity index (χ0v) is 18.5. The Hall–Kier alpha value is -1.77. The second kappa shape index (κ2) is 8.71. The number of halogens is 2. The van der Waals surface area contributed by atoms with Crippen LogP contribution in [0.4, 0.5) is 4.39 Å². The molecule has 0 spiro atoms. The van der Waals surface area contributed by atoms with Crippen molar-refractivity contribution >= 4 is 32.0 Å². The minimum Gasteiger partial charge on any atom is -0.456 e. The standard InChI is InChI=1S/C20H22BrFO5S/c1-13-7-5-6-8-17(13)28(24,25)26-12-11-14-16(21)10-9-15(18(14)22)19(23)27-20(2,3)4/h5-10H,11-12H2,1-4H3. The lowest BCUT2D eigenvalue weighted by molar-refractivity contribution is 0.00643. The van der Waals surface area contributed by atoms with Gasteiger partial charge >= 0.3 is 5.97 Å². The number of esters is 1. The number of ether oxygens (including phenoxy) is 1. The smallest absolute Gasteiger partial charge is 0.341 e. The zero-order valence-electron chi connectivity index (χ0n) is 16.1. The normalized spacial score (nSPS) is 12.1. The van der Waals surface area contributed by atoms with Gasteiger partial charge in [-0.3, -0.25) is 4.18 Å². The fraction of sp³-hybridized carbons (Fsp3) is 0.350. The number of aryl methyl sites for hydroxylation is 1. The third-order valence-corrected chi connectivity index (χ3v) is 5.97. The molecule has 0 saturated heterocycles. The summed E-state index contributed by atoms with van der Waals surface area (Å²) in [6.45, 7) is 6.45. The van der Waals surface area contributed by atoms with Gasteiger partial charge in [-0.05, 0) is 51.5 Å². The summed E-state index contributed by atoms with van der Waals surface area (Å²) in [6, 6.07) is 9.28. The maximum atomic E-state index is 14.8. The first-order valence-corrected chi connectivity index (χ1v) is 10.8. The molecule has 0 bridgehead atoms. The van der Waals surface area contributed by atoms with E-state index in [0.717, 1.165) is 0 Å². The first-order chi connectivity index (χ1) is 12.9. The van der Waals surface area contributed by atoms with E-state index in [1.54, 1.807) is 45.9 Å². The zero-order chi connectivity index (χ0) is 21.1. The molecule has 0 radical (unpaired) electrons. The molecule has 0 aliphatic rings. The van der Waals surface area contributed by atoms with Crippen molar-refractivity contribution in [2.75, 3.05) is 6.61 Å². The lowest BCUT2D eigenvalue weighted by Gasteiger charge is -2.20. The highest BCUT2D eigenvalue weighted by Gasteiger charge is 2.24. The lowest BCUT2D eigenvalue weighted by atomic mass is 10.1. The number of rotatable bonds is 6. The van der Waals surface area contributed by atoms with E-state index < -0.39 is 27.5 Å². The fourth-order valence-corrected chi connectivity index (χ4v) is 4.11. The van der Waals surface area contributed by atoms with Crippen LogP contribution in [0, 0.1) is 12.7 Å². The monoisotopic (exact) mass is 472 g/mol. The van der Waals surface area contributed by atoms with Gasteiger partial charge in [0, 0.05) is 16.5 Å². The van der Waals surface area contributed by atoms with Gasteiger partial charge in [0.2, 0.25) is 0 Å². The van der Waals surface area contributed by atoms with E-state index in [1.165, 1.54) is 18.2 Å². The molecule has 0 atom stereocenters. The third-order valence-electron chi connectivity index (χ3n) is 3.76. The molecule has 2 rings (SSSR count). The maximum absolute atomic E-state index is 14.8. The maximum Gasteiger partial charge on any atom is 0.341 e. The summed E-state index contributed by atoms with van der Waals surface area (Å²) >= 11 is 3.23. The Morgan fingerprint density at radius 1 is 1.14 bits per heavy atom. The van der Waals surface area contributed by atoms with Crippen LogP contribution in [0.5, 0.6) is 0 Å². The highest BCUT2D eigenvalue weighted by Crippen LogP contribution is 2.26. The van der Waals surface area contributed by atoms with Crippen molar-refractivity contribution in [2.24, 2.45) is 0 Å². The second-order valence-corrected chi connectivity index (χ2v) is 9.62. The van der Waals surface area contributed by atoms with Crippen LogP contribution < -0.4 is 0 Å². The molecule has 0 aliphatic heterocycles. The van der Waals surface area contributed by atoms with E-state index in [-0.39, 0.29) is 29.1 Å². The van der Waals surface area contributed by atoms with Gasteiger partial charge in [-0.2, -0.15) is 8.42 Å². The summed E-state index contributed by atoms with van der Waals surface area (Å²) in [5.74, 6) is -1.55. The van der Waals surface area contributed by atoms with Crippen molar-refractivity contribution < 1.29 is 26.5 Å². The van der Waals surface area contributed by atoms with Gasteiger partial charge < -0.3 is 4.74 Å². The number of benzene rings is 2. The van der Waals surface area contributed by atoms with Crippen molar-refractivity contribution in [1.82, 2.24) is 0 Å². The van der Waals surface area contributed by atoms with E-state index in [0.29, 0.717) is 10.0 Å². The summed E-state index contributed by atoms with van der Waals surface area (Å²) in [5.41, 5.74) is -0.276. The molecular formula is C20H22BrFO5S. The highest BCUT2D eigenvalue weighted by atomic mass is 79.9. The van der Waals surface area contributed by atoms with Crippen molar-refractivity contribution in [3.8, 4) is 0 Å². The average molecular weight is 473 g/mol. The summed E-state index contributed by atoms with van der Waals surface area (Å²) in [7, 11) is -3.97. The molecule has 0 amide bonds. The van der Waals surface area contributed by atoms with Crippen LogP contribution in [-0.2, 0) is 25.5 Å². The molecule has 8 heteroatoms. The summed E-state index contributed by atoms with van der Waals surface area (Å²) in [5, 5.41) is 0. The van der Waals surface area contributed by atoms with Gasteiger partial charge in [-0.1, -0.05) is 34.1 Å². The first-order valence-electron chi connectivity index (χ1n) is 8.57. The predicted molar refractivity (Wildman–Crippen MR) is 107 cm³/mol. The van der Waals surface area contributed by atoms with Crippen molar-refractivity contribution in [3.05, 3.63) is 63.4 Å². The molecule has 2 aromatic carbocycles. The topological polar surface area (TPSA) is 69.7 Å². The Morgan fingerprint density at radius 2 is 1.79 bits per heavy atom. The molecule has 28 heavy (non-hydrogen) atoms. The summed E-state index contributed by atoms with van der Waals surface area (Å²) in [4.78, 5) is 12.3. The SMILES string of the molecule is Cc1ccccc1S(=O)(=O)OCCc1c(Br)ccc(C(=O)OC(C)(C)C)c1F. The van der Waals surface area contributed by atoms with Crippen LogP contribution >= 0.6 is 15.9 Å². The van der Waals surface area contributed by atoms with Gasteiger partial charge in [-0.25, -0.2) is 9.18 Å².